The minimum Gasteiger partial charge on any atom is -0.326 e. The fourth-order valence-electron chi connectivity index (χ4n) is 1.64. The van der Waals surface area contributed by atoms with Crippen molar-refractivity contribution in [2.24, 2.45) is 5.73 Å². The largest absolute Gasteiger partial charge is 0.326 e. The lowest BCUT2D eigenvalue weighted by Crippen LogP contribution is -1.95. The summed E-state index contributed by atoms with van der Waals surface area (Å²) in [6.45, 7) is 0.534. The Hall–Kier alpha value is -1.85. The Morgan fingerprint density at radius 1 is 1.11 bits per heavy atom. The maximum atomic E-state index is 10.6. The molecule has 0 saturated carbocycles. The van der Waals surface area contributed by atoms with Crippen LogP contribution < -0.4 is 5.73 Å². The van der Waals surface area contributed by atoms with Gasteiger partial charge in [0.1, 0.15) is 0 Å². The fraction of sp³-hybridized carbons (Fsp3) is 0.143. The van der Waals surface area contributed by atoms with Crippen LogP contribution in [0.4, 0.5) is 5.69 Å². The summed E-state index contributed by atoms with van der Waals surface area (Å²) in [5.74, 6) is 0.784. The van der Waals surface area contributed by atoms with Crippen LogP contribution in [0.2, 0.25) is 0 Å². The molecule has 5 heteroatoms. The Morgan fingerprint density at radius 3 is 2.47 bits per heavy atom. The van der Waals surface area contributed by atoms with Gasteiger partial charge in [-0.3, -0.25) is 10.1 Å². The van der Waals surface area contributed by atoms with E-state index in [-0.39, 0.29) is 10.6 Å². The highest BCUT2D eigenvalue weighted by molar-refractivity contribution is 7.98. The van der Waals surface area contributed by atoms with E-state index >= 15 is 0 Å². The second-order valence-electron chi connectivity index (χ2n) is 4.06. The van der Waals surface area contributed by atoms with Gasteiger partial charge in [0.05, 0.1) is 4.92 Å². The summed E-state index contributed by atoms with van der Waals surface area (Å²) in [4.78, 5) is 11.3. The third kappa shape index (κ3) is 3.81. The van der Waals surface area contributed by atoms with Crippen molar-refractivity contribution >= 4 is 17.4 Å². The lowest BCUT2D eigenvalue weighted by molar-refractivity contribution is -0.384. The van der Waals surface area contributed by atoms with Crippen LogP contribution in [0, 0.1) is 10.1 Å². The Bertz CT molecular complexity index is 570. The number of hydrogen-bond donors (Lipinski definition) is 1. The van der Waals surface area contributed by atoms with E-state index in [1.54, 1.807) is 23.9 Å². The number of non-ortho nitro benzene ring substituents is 1. The van der Waals surface area contributed by atoms with Gasteiger partial charge >= 0.3 is 0 Å². The van der Waals surface area contributed by atoms with Crippen LogP contribution in [0.3, 0.4) is 0 Å². The summed E-state index contributed by atoms with van der Waals surface area (Å²) < 4.78 is 0. The zero-order valence-corrected chi connectivity index (χ0v) is 11.1. The molecule has 2 aromatic rings. The number of rotatable bonds is 5. The summed E-state index contributed by atoms with van der Waals surface area (Å²) in [5.41, 5.74) is 7.89. The molecular weight excluding hydrogens is 260 g/mol. The molecular formula is C14H14N2O2S. The van der Waals surface area contributed by atoms with E-state index in [2.05, 4.69) is 6.07 Å². The molecule has 0 unspecified atom stereocenters. The van der Waals surface area contributed by atoms with Crippen LogP contribution in [0.5, 0.6) is 0 Å². The van der Waals surface area contributed by atoms with Gasteiger partial charge in [-0.2, -0.15) is 0 Å². The molecule has 0 heterocycles. The summed E-state index contributed by atoms with van der Waals surface area (Å²) in [6, 6.07) is 14.7. The Balaban J connectivity index is 1.99. The highest BCUT2D eigenvalue weighted by atomic mass is 32.2. The third-order valence-electron chi connectivity index (χ3n) is 2.69. The van der Waals surface area contributed by atoms with Crippen LogP contribution in [-0.2, 0) is 12.3 Å². The van der Waals surface area contributed by atoms with E-state index in [1.165, 1.54) is 12.1 Å². The molecule has 0 aliphatic carbocycles. The van der Waals surface area contributed by atoms with Gasteiger partial charge in [0, 0.05) is 29.3 Å². The summed E-state index contributed by atoms with van der Waals surface area (Å²) in [5, 5.41) is 10.6. The number of nitrogens with two attached hydrogens (primary N) is 1. The molecule has 0 atom stereocenters. The molecule has 98 valence electrons. The number of nitrogens with zero attached hydrogens (tertiary/aromatic N) is 1. The van der Waals surface area contributed by atoms with Crippen molar-refractivity contribution in [2.45, 2.75) is 17.2 Å². The van der Waals surface area contributed by atoms with Gasteiger partial charge < -0.3 is 5.73 Å². The van der Waals surface area contributed by atoms with Crippen LogP contribution in [-0.4, -0.2) is 4.92 Å². The molecule has 0 amide bonds. The van der Waals surface area contributed by atoms with E-state index in [1.807, 2.05) is 18.2 Å². The number of thioether (sulfide) groups is 1. The summed E-state index contributed by atoms with van der Waals surface area (Å²) in [6.07, 6.45) is 0. The predicted molar refractivity (Wildman–Crippen MR) is 77.0 cm³/mol. The van der Waals surface area contributed by atoms with E-state index < -0.39 is 0 Å². The molecule has 0 aliphatic heterocycles. The summed E-state index contributed by atoms with van der Waals surface area (Å²) in [7, 11) is 0. The summed E-state index contributed by atoms with van der Waals surface area (Å²) >= 11 is 1.69. The van der Waals surface area contributed by atoms with Crippen LogP contribution >= 0.6 is 11.8 Å². The first-order valence-electron chi connectivity index (χ1n) is 5.84. The van der Waals surface area contributed by atoms with Crippen molar-refractivity contribution in [1.29, 1.82) is 0 Å². The van der Waals surface area contributed by atoms with Crippen molar-refractivity contribution in [1.82, 2.24) is 0 Å². The smallest absolute Gasteiger partial charge is 0.269 e. The number of nitro groups is 1. The van der Waals surface area contributed by atoms with Gasteiger partial charge in [-0.15, -0.1) is 11.8 Å². The molecule has 4 nitrogen and oxygen atoms in total. The van der Waals surface area contributed by atoms with E-state index in [0.717, 1.165) is 21.8 Å². The third-order valence-corrected chi connectivity index (χ3v) is 3.75. The lowest BCUT2D eigenvalue weighted by atomic mass is 10.2. The standard InChI is InChI=1S/C14H14N2O2S/c15-9-12-2-1-3-14(8-12)19-10-11-4-6-13(7-5-11)16(17)18/h1-8H,9-10,15H2. The van der Waals surface area contributed by atoms with Gasteiger partial charge in [-0.05, 0) is 23.3 Å². The Labute approximate surface area is 115 Å². The van der Waals surface area contributed by atoms with Crippen LogP contribution in [0.25, 0.3) is 0 Å². The fourth-order valence-corrected chi connectivity index (χ4v) is 2.58. The Kier molecular flexibility index (Phi) is 4.54. The van der Waals surface area contributed by atoms with Gasteiger partial charge in [0.2, 0.25) is 0 Å². The molecule has 0 aliphatic rings. The van der Waals surface area contributed by atoms with Crippen molar-refractivity contribution in [2.75, 3.05) is 0 Å². The van der Waals surface area contributed by atoms with Crippen molar-refractivity contribution in [3.63, 3.8) is 0 Å². The highest BCUT2D eigenvalue weighted by Crippen LogP contribution is 2.24. The topological polar surface area (TPSA) is 69.2 Å². The first-order valence-corrected chi connectivity index (χ1v) is 6.83. The SMILES string of the molecule is NCc1cccc(SCc2ccc([N+](=O)[O-])cc2)c1. The molecule has 0 aromatic heterocycles. The maximum absolute atomic E-state index is 10.6. The minimum atomic E-state index is -0.387. The molecule has 2 rings (SSSR count). The first kappa shape index (κ1) is 13.6. The molecule has 2 N–H and O–H groups in total. The monoisotopic (exact) mass is 274 g/mol. The average molecular weight is 274 g/mol. The Morgan fingerprint density at radius 2 is 1.84 bits per heavy atom. The van der Waals surface area contributed by atoms with Crippen LogP contribution in [0.1, 0.15) is 11.1 Å². The molecule has 2 aromatic carbocycles. The van der Waals surface area contributed by atoms with Crippen molar-refractivity contribution < 1.29 is 4.92 Å². The van der Waals surface area contributed by atoms with Crippen LogP contribution in [0.15, 0.2) is 53.4 Å². The minimum absolute atomic E-state index is 0.124. The van der Waals surface area contributed by atoms with Crippen molar-refractivity contribution in [3.05, 3.63) is 69.8 Å². The number of nitro benzene ring substituents is 1. The molecule has 19 heavy (non-hydrogen) atoms. The first-order chi connectivity index (χ1) is 9.19. The maximum Gasteiger partial charge on any atom is 0.269 e. The normalized spacial score (nSPS) is 10.4. The van der Waals surface area contributed by atoms with E-state index in [4.69, 9.17) is 5.73 Å². The van der Waals surface area contributed by atoms with E-state index in [9.17, 15) is 10.1 Å². The zero-order chi connectivity index (χ0) is 13.7. The second kappa shape index (κ2) is 6.36. The van der Waals surface area contributed by atoms with Gasteiger partial charge in [-0.25, -0.2) is 0 Å². The number of hydrogen-bond acceptors (Lipinski definition) is 4. The average Bonchev–Trinajstić information content (AvgIpc) is 2.46. The van der Waals surface area contributed by atoms with E-state index in [0.29, 0.717) is 6.54 Å². The van der Waals surface area contributed by atoms with Crippen molar-refractivity contribution in [3.8, 4) is 0 Å². The number of benzene rings is 2. The molecule has 0 spiro atoms. The highest BCUT2D eigenvalue weighted by Gasteiger charge is 2.04. The quantitative estimate of drug-likeness (QED) is 0.515. The molecule has 0 fully saturated rings. The zero-order valence-electron chi connectivity index (χ0n) is 10.3. The molecule has 0 saturated heterocycles. The van der Waals surface area contributed by atoms with Gasteiger partial charge in [0.25, 0.3) is 5.69 Å². The lowest BCUT2D eigenvalue weighted by Gasteiger charge is -2.04. The predicted octanol–water partition coefficient (Wildman–Crippen LogP) is 3.35. The van der Waals surface area contributed by atoms with Gasteiger partial charge in [0.15, 0.2) is 0 Å². The molecule has 0 radical (unpaired) electrons. The second-order valence-corrected chi connectivity index (χ2v) is 5.11. The molecule has 0 bridgehead atoms. The van der Waals surface area contributed by atoms with Gasteiger partial charge in [-0.1, -0.05) is 24.3 Å².